The first-order valence-corrected chi connectivity index (χ1v) is 53.8. The third-order valence-electron chi connectivity index (χ3n) is 27.6. The van der Waals surface area contributed by atoms with Crippen molar-refractivity contribution in [2.24, 2.45) is 0 Å². The highest BCUT2D eigenvalue weighted by atomic mass is 14.7. The molecule has 144 heavy (non-hydrogen) atoms. The van der Waals surface area contributed by atoms with E-state index in [1.807, 2.05) is 86.8 Å². The molecule has 0 N–H and O–H groups in total. The lowest BCUT2D eigenvalue weighted by molar-refractivity contribution is 0.765. The number of hydrogen-bond acceptors (Lipinski definition) is 9. The van der Waals surface area contributed by atoms with Crippen LogP contribution in [0.4, 0.5) is 0 Å². The molecule has 0 saturated heterocycles. The van der Waals surface area contributed by atoms with E-state index in [1.54, 1.807) is 0 Å². The fraction of sp³-hybridized carbons (Fsp3) is 0.400. The molecule has 0 saturated carbocycles. The second kappa shape index (κ2) is 53.0. The predicted molar refractivity (Wildman–Crippen MR) is 629 cm³/mol. The molecule has 0 atom stereocenters. The van der Waals surface area contributed by atoms with E-state index in [-0.39, 0.29) is 0 Å². The lowest BCUT2D eigenvalue weighted by Crippen LogP contribution is -2.02. The van der Waals surface area contributed by atoms with Crippen molar-refractivity contribution in [2.75, 3.05) is 0 Å². The third-order valence-corrected chi connectivity index (χ3v) is 27.6. The maximum atomic E-state index is 4.80. The lowest BCUT2D eigenvalue weighted by Gasteiger charge is -2.18. The average Bonchev–Trinajstić information content (AvgIpc) is 0.790. The van der Waals surface area contributed by atoms with Gasteiger partial charge in [-0.15, -0.1) is 0 Å². The Morgan fingerprint density at radius 3 is 1.00 bits per heavy atom. The van der Waals surface area contributed by atoms with Gasteiger partial charge in [-0.3, -0.25) is 44.9 Å². The smallest absolute Gasteiger partial charge is 0.0510 e. The van der Waals surface area contributed by atoms with Crippen LogP contribution in [-0.4, -0.2) is 44.9 Å². The Balaban J connectivity index is 0.000000166. The fourth-order valence-corrected chi connectivity index (χ4v) is 19.7. The largest absolute Gasteiger partial charge is 0.264 e. The minimum absolute atomic E-state index is 0.476. The highest BCUT2D eigenvalue weighted by molar-refractivity contribution is 5.93. The molecule has 0 aliphatic heterocycles. The number of fused-ring (bicyclic) bond motifs is 9. The van der Waals surface area contributed by atoms with Crippen molar-refractivity contribution in [3.05, 3.63) is 375 Å². The molecule has 0 aliphatic carbocycles. The van der Waals surface area contributed by atoms with Gasteiger partial charge in [-0.05, 0) is 287 Å². The monoisotopic (exact) mass is 1920 g/mol. The van der Waals surface area contributed by atoms with Gasteiger partial charge in [0.05, 0.1) is 11.4 Å². The number of pyridine rings is 9. The van der Waals surface area contributed by atoms with Crippen LogP contribution in [-0.2, 0) is 0 Å². The molecular weight excluding hydrogens is 1750 g/mol. The molecular formula is C135H171N9. The van der Waals surface area contributed by atoms with E-state index in [0.717, 1.165) is 0 Å². The van der Waals surface area contributed by atoms with Crippen LogP contribution in [0.5, 0.6) is 0 Å². The first-order chi connectivity index (χ1) is 68.4. The summed E-state index contributed by atoms with van der Waals surface area (Å²) in [6.07, 6.45) is 27.1. The van der Waals surface area contributed by atoms with E-state index < -0.39 is 0 Å². The summed E-state index contributed by atoms with van der Waals surface area (Å²) in [5.41, 5.74) is 24.9. The Labute approximate surface area is 867 Å². The molecule has 0 unspecified atom stereocenters. The number of benzene rings is 9. The van der Waals surface area contributed by atoms with E-state index in [4.69, 9.17) is 4.98 Å². The summed E-state index contributed by atoms with van der Waals surface area (Å²) in [6, 6.07) is 67.8. The Bertz CT molecular complexity index is 6460. The molecule has 0 spiro atoms. The second-order valence-electron chi connectivity index (χ2n) is 44.8. The molecule has 9 heterocycles. The summed E-state index contributed by atoms with van der Waals surface area (Å²) in [5.74, 6) is 9.75. The minimum atomic E-state index is 0.476. The Morgan fingerprint density at radius 2 is 0.500 bits per heavy atom. The first-order valence-electron chi connectivity index (χ1n) is 53.8. The molecule has 0 bridgehead atoms. The van der Waals surface area contributed by atoms with E-state index in [9.17, 15) is 0 Å². The average molecular weight is 1920 g/mol. The van der Waals surface area contributed by atoms with Crippen LogP contribution in [0.2, 0.25) is 0 Å². The first kappa shape index (κ1) is 114. The summed E-state index contributed by atoms with van der Waals surface area (Å²) in [7, 11) is 0. The molecule has 18 rings (SSSR count). The summed E-state index contributed by atoms with van der Waals surface area (Å²) in [6.45, 7) is 80.5. The van der Waals surface area contributed by atoms with Gasteiger partial charge in [-0.2, -0.15) is 0 Å². The van der Waals surface area contributed by atoms with Gasteiger partial charge < -0.3 is 0 Å². The molecule has 0 radical (unpaired) electrons. The molecule has 0 amide bonds. The summed E-state index contributed by atoms with van der Waals surface area (Å²) < 4.78 is 0. The van der Waals surface area contributed by atoms with E-state index >= 15 is 0 Å². The summed E-state index contributed by atoms with van der Waals surface area (Å²) >= 11 is 0. The van der Waals surface area contributed by atoms with Crippen LogP contribution >= 0.6 is 0 Å². The van der Waals surface area contributed by atoms with Gasteiger partial charge in [-0.25, -0.2) is 0 Å². The minimum Gasteiger partial charge on any atom is -0.264 e. The molecule has 18 aromatic rings. The van der Waals surface area contributed by atoms with Gasteiger partial charge in [0, 0.05) is 147 Å². The van der Waals surface area contributed by atoms with Crippen molar-refractivity contribution in [3.8, 4) is 0 Å². The van der Waals surface area contributed by atoms with Crippen molar-refractivity contribution in [2.45, 2.75) is 356 Å². The van der Waals surface area contributed by atoms with E-state index in [2.05, 4.69) is 477 Å². The fourth-order valence-electron chi connectivity index (χ4n) is 19.7. The van der Waals surface area contributed by atoms with Crippen LogP contribution in [0, 0.1) is 0 Å². The zero-order valence-corrected chi connectivity index (χ0v) is 94.4. The van der Waals surface area contributed by atoms with Crippen LogP contribution in [0.25, 0.3) is 97.0 Å². The molecule has 0 aliphatic rings. The number of hydrogen-bond donors (Lipinski definition) is 0. The Kier molecular flexibility index (Phi) is 41.8. The lowest BCUT2D eigenvalue weighted by atomic mass is 9.87. The van der Waals surface area contributed by atoms with Crippen molar-refractivity contribution in [3.63, 3.8) is 0 Å². The van der Waals surface area contributed by atoms with E-state index in [0.29, 0.717) is 107 Å². The zero-order chi connectivity index (χ0) is 105. The van der Waals surface area contributed by atoms with E-state index in [1.165, 1.54) is 198 Å². The zero-order valence-electron chi connectivity index (χ0n) is 94.4. The normalized spacial score (nSPS) is 11.6. The van der Waals surface area contributed by atoms with Crippen LogP contribution in [0.15, 0.2) is 275 Å². The Hall–Kier alpha value is -12.3. The van der Waals surface area contributed by atoms with Crippen LogP contribution < -0.4 is 0 Å². The van der Waals surface area contributed by atoms with Crippen molar-refractivity contribution < 1.29 is 0 Å². The summed E-state index contributed by atoms with van der Waals surface area (Å²) in [4.78, 5) is 39.4. The third kappa shape index (κ3) is 29.1. The highest BCUT2D eigenvalue weighted by Gasteiger charge is 2.22. The SMILES string of the molecule is CC(C)c1cc(C(C)C)c2ccncc2c1.CC(C)c1cc(C(C)C)c2cnccc2c1.CC(C)c1cc2ccccc2c(C(C)C)n1.CC(C)c1cc2ccncc2cc1C(C)C.CC(C)c1ccc(C(C)C)c2cnccc12.CC(C)c1ccc2ccncc2c1C(C)C.CC(C)c1ccc2cnccc2c1C(C)C.CC(C)c1cnc(C(C)C)c2ccccc12.CC(C)c1ncc2ccccc2c1C(C)C. The molecule has 9 nitrogen and oxygen atoms in total. The number of rotatable bonds is 18. The maximum absolute atomic E-state index is 4.80. The summed E-state index contributed by atoms with van der Waals surface area (Å²) in [5, 5.41) is 23.5. The van der Waals surface area contributed by atoms with Crippen molar-refractivity contribution >= 4 is 97.0 Å². The van der Waals surface area contributed by atoms with Gasteiger partial charge in [0.2, 0.25) is 0 Å². The highest BCUT2D eigenvalue weighted by Crippen LogP contribution is 2.41. The van der Waals surface area contributed by atoms with Crippen LogP contribution in [0.1, 0.15) is 456 Å². The van der Waals surface area contributed by atoms with Gasteiger partial charge in [0.1, 0.15) is 0 Å². The molecule has 9 aromatic heterocycles. The van der Waals surface area contributed by atoms with Gasteiger partial charge >= 0.3 is 0 Å². The predicted octanol–water partition coefficient (Wildman–Crippen LogP) is 40.3. The van der Waals surface area contributed by atoms with Gasteiger partial charge in [-0.1, -0.05) is 383 Å². The number of nitrogens with zero attached hydrogens (tertiary/aromatic N) is 9. The van der Waals surface area contributed by atoms with Crippen LogP contribution in [0.3, 0.4) is 0 Å². The number of aromatic nitrogens is 9. The second-order valence-corrected chi connectivity index (χ2v) is 44.8. The molecule has 756 valence electrons. The molecule has 9 aromatic carbocycles. The standard InChI is InChI=1S/9C15H19N/c1-10(2)12-7-13-9-16-6-5-14(13)15(8-12)11(3)4;1-10(2)14-7-12-5-6-16-9-13(12)8-15(14)11(3)4;1-10(2)13-7-12-5-6-16-9-15(12)14(8-13)11(3)4;1-10(2)12-5-6-13(11(3)4)15-9-16-8-7-14(12)15;1-10(2)13-6-5-12-9-16-8-7-14(12)15(13)11(3)4;1-10(2)13-6-5-12-7-8-16-9-14(12)15(13)11(3)4;1-10(2)14-9-16-15(11(3)4)13-8-6-5-7-12(13)14;1-10(2)14-13-8-6-5-7-12(13)9-16-15(14)11(3)4;1-10(2)14-9-12-7-5-6-8-13(12)15(16-14)11(3)4/h9*5-11H,1-4H3. The Morgan fingerprint density at radius 1 is 0.153 bits per heavy atom. The molecule has 9 heteroatoms. The van der Waals surface area contributed by atoms with Crippen molar-refractivity contribution in [1.82, 2.24) is 44.9 Å². The van der Waals surface area contributed by atoms with Crippen molar-refractivity contribution in [1.29, 1.82) is 0 Å². The quantitative estimate of drug-likeness (QED) is 0.0828. The maximum Gasteiger partial charge on any atom is 0.0510 e. The van der Waals surface area contributed by atoms with Gasteiger partial charge in [0.15, 0.2) is 0 Å². The topological polar surface area (TPSA) is 116 Å². The van der Waals surface area contributed by atoms with Gasteiger partial charge in [0.25, 0.3) is 0 Å². The molecule has 0 fully saturated rings.